The van der Waals surface area contributed by atoms with Crippen LogP contribution in [0.2, 0.25) is 0 Å². The van der Waals surface area contributed by atoms with E-state index in [2.05, 4.69) is 15.3 Å². The predicted octanol–water partition coefficient (Wildman–Crippen LogP) is 3.73. The van der Waals surface area contributed by atoms with Gasteiger partial charge in [-0.3, -0.25) is 4.79 Å². The number of carbonyl (C=O) groups is 1. The topological polar surface area (TPSA) is 95.2 Å². The Kier molecular flexibility index (Phi) is 5.11. The van der Waals surface area contributed by atoms with Crippen LogP contribution in [0.25, 0.3) is 22.4 Å². The van der Waals surface area contributed by atoms with Gasteiger partial charge in [-0.25, -0.2) is 17.7 Å². The average Bonchev–Trinajstić information content (AvgIpc) is 3.18. The molecule has 2 N–H and O–H groups in total. The van der Waals surface area contributed by atoms with Crippen LogP contribution in [0.3, 0.4) is 0 Å². The van der Waals surface area contributed by atoms with Crippen molar-refractivity contribution in [3.8, 4) is 11.4 Å². The van der Waals surface area contributed by atoms with Crippen molar-refractivity contribution in [3.05, 3.63) is 78.4 Å². The minimum absolute atomic E-state index is 0.0609. The van der Waals surface area contributed by atoms with Crippen molar-refractivity contribution >= 4 is 32.7 Å². The first kappa shape index (κ1) is 19.8. The van der Waals surface area contributed by atoms with Crippen LogP contribution in [0, 0.1) is 0 Å². The quantitative estimate of drug-likeness (QED) is 0.514. The van der Waals surface area contributed by atoms with Crippen LogP contribution in [0.5, 0.6) is 0 Å². The Morgan fingerprint density at radius 3 is 2.47 bits per heavy atom. The molecule has 4 aromatic rings. The van der Waals surface area contributed by atoms with Crippen molar-refractivity contribution in [2.75, 3.05) is 19.4 Å². The fourth-order valence-electron chi connectivity index (χ4n) is 3.08. The Morgan fingerprint density at radius 2 is 1.70 bits per heavy atom. The summed E-state index contributed by atoms with van der Waals surface area (Å²) in [4.78, 5) is 20.8. The highest BCUT2D eigenvalue weighted by atomic mass is 32.2. The molecule has 1 heterocycles. The fourth-order valence-corrected chi connectivity index (χ4v) is 4.03. The first-order chi connectivity index (χ1) is 14.4. The number of para-hydroxylation sites is 3. The number of rotatable bonds is 5. The van der Waals surface area contributed by atoms with Crippen molar-refractivity contribution in [1.82, 2.24) is 14.3 Å². The van der Waals surface area contributed by atoms with Gasteiger partial charge < -0.3 is 10.3 Å². The van der Waals surface area contributed by atoms with E-state index in [4.69, 9.17) is 0 Å². The first-order valence-corrected chi connectivity index (χ1v) is 10.7. The second kappa shape index (κ2) is 7.74. The van der Waals surface area contributed by atoms with Crippen molar-refractivity contribution in [3.63, 3.8) is 0 Å². The number of anilines is 1. The van der Waals surface area contributed by atoms with Gasteiger partial charge in [-0.05, 0) is 42.5 Å². The zero-order chi connectivity index (χ0) is 21.3. The molecule has 0 saturated heterocycles. The van der Waals surface area contributed by atoms with Gasteiger partial charge in [0.2, 0.25) is 10.0 Å². The van der Waals surface area contributed by atoms with Gasteiger partial charge in [-0.2, -0.15) is 0 Å². The van der Waals surface area contributed by atoms with Crippen LogP contribution >= 0.6 is 0 Å². The van der Waals surface area contributed by atoms with Crippen LogP contribution in [0.4, 0.5) is 5.69 Å². The Hall–Kier alpha value is -3.49. The van der Waals surface area contributed by atoms with E-state index in [1.54, 1.807) is 18.2 Å². The fraction of sp³-hybridized carbons (Fsp3) is 0.0909. The van der Waals surface area contributed by atoms with Gasteiger partial charge in [0, 0.05) is 25.2 Å². The summed E-state index contributed by atoms with van der Waals surface area (Å²) in [7, 11) is -0.733. The highest BCUT2D eigenvalue weighted by Crippen LogP contribution is 2.28. The van der Waals surface area contributed by atoms with E-state index in [0.717, 1.165) is 20.9 Å². The van der Waals surface area contributed by atoms with Gasteiger partial charge in [-0.15, -0.1) is 0 Å². The summed E-state index contributed by atoms with van der Waals surface area (Å²) in [6.45, 7) is 0. The highest BCUT2D eigenvalue weighted by Gasteiger charge is 2.19. The third-order valence-corrected chi connectivity index (χ3v) is 6.51. The molecular formula is C22H20N4O3S. The van der Waals surface area contributed by atoms with E-state index in [1.165, 1.54) is 26.2 Å². The van der Waals surface area contributed by atoms with Crippen molar-refractivity contribution in [1.29, 1.82) is 0 Å². The Morgan fingerprint density at radius 1 is 0.967 bits per heavy atom. The summed E-state index contributed by atoms with van der Waals surface area (Å²) < 4.78 is 25.9. The van der Waals surface area contributed by atoms with E-state index in [9.17, 15) is 13.2 Å². The molecule has 1 aromatic heterocycles. The van der Waals surface area contributed by atoms with E-state index in [0.29, 0.717) is 11.5 Å². The maximum Gasteiger partial charge on any atom is 0.255 e. The third kappa shape index (κ3) is 3.70. The lowest BCUT2D eigenvalue weighted by molar-refractivity contribution is 0.102. The standard InChI is InChI=1S/C22H20N4O3S/c1-26(2)30(28,29)16-9-7-8-15(14-16)22(27)25-18-11-4-3-10-17(18)21-23-19-12-5-6-13-20(19)24-21/h3-14H,1-2H3,(H,23,24)(H,25,27). The van der Waals surface area contributed by atoms with E-state index in [1.807, 2.05) is 42.5 Å². The summed E-state index contributed by atoms with van der Waals surface area (Å²) in [5.41, 5.74) is 3.28. The lowest BCUT2D eigenvalue weighted by atomic mass is 10.1. The number of fused-ring (bicyclic) bond motifs is 1. The number of nitrogens with zero attached hydrogens (tertiary/aromatic N) is 2. The SMILES string of the molecule is CN(C)S(=O)(=O)c1cccc(C(=O)Nc2ccccc2-c2nc3ccccc3[nH]2)c1. The summed E-state index contributed by atoms with van der Waals surface area (Å²) in [5, 5.41) is 2.87. The molecule has 0 saturated carbocycles. The van der Waals surface area contributed by atoms with Gasteiger partial charge in [0.15, 0.2) is 0 Å². The number of aromatic nitrogens is 2. The number of benzene rings is 3. The van der Waals surface area contributed by atoms with Gasteiger partial charge in [0.1, 0.15) is 5.82 Å². The average molecular weight is 420 g/mol. The lowest BCUT2D eigenvalue weighted by Gasteiger charge is -2.13. The second-order valence-electron chi connectivity index (χ2n) is 6.92. The minimum Gasteiger partial charge on any atom is -0.338 e. The van der Waals surface area contributed by atoms with E-state index < -0.39 is 15.9 Å². The molecule has 1 amide bonds. The lowest BCUT2D eigenvalue weighted by Crippen LogP contribution is -2.22. The molecule has 7 nitrogen and oxygen atoms in total. The largest absolute Gasteiger partial charge is 0.338 e. The maximum absolute atomic E-state index is 12.9. The zero-order valence-electron chi connectivity index (χ0n) is 16.5. The molecule has 0 unspecified atom stereocenters. The third-order valence-electron chi connectivity index (χ3n) is 4.69. The molecule has 30 heavy (non-hydrogen) atoms. The monoisotopic (exact) mass is 420 g/mol. The summed E-state index contributed by atoms with van der Waals surface area (Å²) in [6.07, 6.45) is 0. The molecule has 3 aromatic carbocycles. The molecule has 0 aliphatic carbocycles. The highest BCUT2D eigenvalue weighted by molar-refractivity contribution is 7.89. The van der Waals surface area contributed by atoms with E-state index >= 15 is 0 Å². The number of aromatic amines is 1. The van der Waals surface area contributed by atoms with Gasteiger partial charge in [-0.1, -0.05) is 30.3 Å². The number of imidazole rings is 1. The van der Waals surface area contributed by atoms with Crippen LogP contribution in [-0.4, -0.2) is 42.7 Å². The number of carbonyl (C=O) groups excluding carboxylic acids is 1. The smallest absolute Gasteiger partial charge is 0.255 e. The second-order valence-corrected chi connectivity index (χ2v) is 9.07. The molecule has 0 aliphatic rings. The van der Waals surface area contributed by atoms with Crippen LogP contribution in [0.15, 0.2) is 77.7 Å². The van der Waals surface area contributed by atoms with Crippen molar-refractivity contribution < 1.29 is 13.2 Å². The van der Waals surface area contributed by atoms with Crippen molar-refractivity contribution in [2.24, 2.45) is 0 Å². The molecule has 0 aliphatic heterocycles. The number of hydrogen-bond acceptors (Lipinski definition) is 4. The molecule has 0 bridgehead atoms. The number of hydrogen-bond donors (Lipinski definition) is 2. The molecule has 8 heteroatoms. The molecule has 0 radical (unpaired) electrons. The molecule has 0 fully saturated rings. The molecule has 0 spiro atoms. The first-order valence-electron chi connectivity index (χ1n) is 9.24. The maximum atomic E-state index is 12.9. The number of nitrogens with one attached hydrogen (secondary N) is 2. The predicted molar refractivity (Wildman–Crippen MR) is 117 cm³/mol. The summed E-state index contributed by atoms with van der Waals surface area (Å²) in [5.74, 6) is 0.227. The summed E-state index contributed by atoms with van der Waals surface area (Å²) >= 11 is 0. The minimum atomic E-state index is -3.63. The number of H-pyrrole nitrogens is 1. The van der Waals surface area contributed by atoms with Gasteiger partial charge in [0.05, 0.1) is 21.6 Å². The molecule has 152 valence electrons. The normalized spacial score (nSPS) is 11.7. The Balaban J connectivity index is 1.67. The van der Waals surface area contributed by atoms with Gasteiger partial charge in [0.25, 0.3) is 5.91 Å². The van der Waals surface area contributed by atoms with E-state index in [-0.39, 0.29) is 10.5 Å². The van der Waals surface area contributed by atoms with Crippen LogP contribution < -0.4 is 5.32 Å². The van der Waals surface area contributed by atoms with Crippen LogP contribution in [0.1, 0.15) is 10.4 Å². The zero-order valence-corrected chi connectivity index (χ0v) is 17.3. The number of amides is 1. The number of sulfonamides is 1. The Labute approximate surface area is 174 Å². The summed E-state index contributed by atoms with van der Waals surface area (Å²) in [6, 6.07) is 21.0. The molecule has 4 rings (SSSR count). The van der Waals surface area contributed by atoms with Gasteiger partial charge >= 0.3 is 0 Å². The van der Waals surface area contributed by atoms with Crippen LogP contribution in [-0.2, 0) is 10.0 Å². The molecular weight excluding hydrogens is 400 g/mol. The Bertz CT molecular complexity index is 1310. The van der Waals surface area contributed by atoms with Crippen molar-refractivity contribution in [2.45, 2.75) is 4.90 Å². The molecule has 0 atom stereocenters.